The van der Waals surface area contributed by atoms with Crippen molar-refractivity contribution in [3.05, 3.63) is 54.9 Å². The summed E-state index contributed by atoms with van der Waals surface area (Å²) in [5.74, 6) is 0. The van der Waals surface area contributed by atoms with Crippen molar-refractivity contribution in [2.45, 2.75) is 0 Å². The maximum absolute atomic E-state index is 3.48. The summed E-state index contributed by atoms with van der Waals surface area (Å²) in [4.78, 5) is 3.48. The van der Waals surface area contributed by atoms with E-state index in [-0.39, 0.29) is 0 Å². The zero-order chi connectivity index (χ0) is 12.1. The van der Waals surface area contributed by atoms with E-state index in [0.717, 1.165) is 0 Å². The highest BCUT2D eigenvalue weighted by Gasteiger charge is 2.08. The van der Waals surface area contributed by atoms with Gasteiger partial charge in [0.1, 0.15) is 7.05 Å². The van der Waals surface area contributed by atoms with Crippen LogP contribution < -0.4 is 4.57 Å². The largest absolute Gasteiger partial charge is 0.354 e. The van der Waals surface area contributed by atoms with Gasteiger partial charge in [0.15, 0.2) is 12.4 Å². The Morgan fingerprint density at radius 3 is 2.50 bits per heavy atom. The van der Waals surface area contributed by atoms with E-state index in [9.17, 15) is 0 Å². The number of fused-ring (bicyclic) bond motifs is 4. The Kier molecular flexibility index (Phi) is 1.78. The third-order valence-corrected chi connectivity index (χ3v) is 3.54. The fraction of sp³-hybridized carbons (Fsp3) is 0.0625. The van der Waals surface area contributed by atoms with Crippen LogP contribution >= 0.6 is 0 Å². The zero-order valence-corrected chi connectivity index (χ0v) is 10.1. The summed E-state index contributed by atoms with van der Waals surface area (Å²) in [6.45, 7) is 0. The Morgan fingerprint density at radius 2 is 1.67 bits per heavy atom. The molecule has 2 aromatic heterocycles. The Balaban J connectivity index is 2.25. The van der Waals surface area contributed by atoms with E-state index in [2.05, 4.69) is 71.5 Å². The topological polar surface area (TPSA) is 19.7 Å². The lowest BCUT2D eigenvalue weighted by atomic mass is 10.1. The predicted octanol–water partition coefficient (Wildman–Crippen LogP) is 3.30. The molecule has 2 aromatic carbocycles. The van der Waals surface area contributed by atoms with Crippen LogP contribution in [0.3, 0.4) is 0 Å². The van der Waals surface area contributed by atoms with Crippen LogP contribution in [0.25, 0.3) is 32.6 Å². The maximum Gasteiger partial charge on any atom is 0.178 e. The van der Waals surface area contributed by atoms with E-state index in [0.29, 0.717) is 0 Å². The quantitative estimate of drug-likeness (QED) is 0.450. The normalized spacial score (nSPS) is 11.6. The lowest BCUT2D eigenvalue weighted by molar-refractivity contribution is -0.670. The second kappa shape index (κ2) is 3.33. The summed E-state index contributed by atoms with van der Waals surface area (Å²) in [5, 5.41) is 5.14. The molecule has 4 rings (SSSR count). The highest BCUT2D eigenvalue weighted by molar-refractivity contribution is 6.11. The Labute approximate surface area is 104 Å². The van der Waals surface area contributed by atoms with Crippen molar-refractivity contribution >= 4 is 32.6 Å². The van der Waals surface area contributed by atoms with Gasteiger partial charge >= 0.3 is 0 Å². The molecule has 4 aromatic rings. The van der Waals surface area contributed by atoms with E-state index in [1.807, 2.05) is 0 Å². The van der Waals surface area contributed by atoms with E-state index < -0.39 is 0 Å². The second-order valence-electron chi connectivity index (χ2n) is 4.81. The van der Waals surface area contributed by atoms with E-state index >= 15 is 0 Å². The summed E-state index contributed by atoms with van der Waals surface area (Å²) in [5.41, 5.74) is 2.40. The molecule has 0 spiro atoms. The number of nitrogens with zero attached hydrogens (tertiary/aromatic N) is 1. The van der Waals surface area contributed by atoms with Gasteiger partial charge in [-0.15, -0.1) is 0 Å². The molecular weight excluding hydrogens is 220 g/mol. The zero-order valence-electron chi connectivity index (χ0n) is 10.1. The van der Waals surface area contributed by atoms with Gasteiger partial charge in [-0.3, -0.25) is 0 Å². The number of aromatic amines is 1. The van der Waals surface area contributed by atoms with Crippen molar-refractivity contribution in [2.75, 3.05) is 0 Å². The number of hydrogen-bond donors (Lipinski definition) is 1. The number of aromatic nitrogens is 2. The Morgan fingerprint density at radius 1 is 0.889 bits per heavy atom. The van der Waals surface area contributed by atoms with Gasteiger partial charge in [0, 0.05) is 17.0 Å². The average Bonchev–Trinajstić information content (AvgIpc) is 2.73. The van der Waals surface area contributed by atoms with Crippen molar-refractivity contribution in [1.82, 2.24) is 4.98 Å². The number of nitrogens with one attached hydrogen (secondary N) is 1. The molecule has 2 heterocycles. The van der Waals surface area contributed by atoms with Crippen LogP contribution in [0.15, 0.2) is 54.9 Å². The number of H-pyrrole nitrogens is 1. The molecule has 0 aliphatic carbocycles. The fourth-order valence-corrected chi connectivity index (χ4v) is 2.63. The van der Waals surface area contributed by atoms with Gasteiger partial charge in [-0.05, 0) is 22.9 Å². The molecule has 0 atom stereocenters. The molecule has 0 bridgehead atoms. The molecule has 0 fully saturated rings. The van der Waals surface area contributed by atoms with Gasteiger partial charge < -0.3 is 4.98 Å². The molecular formula is C16H13N2+. The molecule has 0 amide bonds. The molecule has 0 aliphatic heterocycles. The van der Waals surface area contributed by atoms with E-state index in [1.54, 1.807) is 0 Å². The van der Waals surface area contributed by atoms with Crippen molar-refractivity contribution < 1.29 is 4.57 Å². The lowest BCUT2D eigenvalue weighted by Gasteiger charge is -1.97. The summed E-state index contributed by atoms with van der Waals surface area (Å²) in [6, 6.07) is 15.1. The van der Waals surface area contributed by atoms with Crippen LogP contribution in [0.1, 0.15) is 0 Å². The molecule has 0 unspecified atom stereocenters. The predicted molar refractivity (Wildman–Crippen MR) is 74.5 cm³/mol. The monoisotopic (exact) mass is 233 g/mol. The third kappa shape index (κ3) is 1.26. The molecule has 0 radical (unpaired) electrons. The standard InChI is InChI=1S/C16H12N2/c1-18-7-6-15-14(10-18)13-8-11-4-2-3-5-12(11)9-16(13)17-15/h2-10H,1H3/p+1. The first-order chi connectivity index (χ1) is 8.81. The molecule has 2 heteroatoms. The number of pyridine rings is 1. The first-order valence-electron chi connectivity index (χ1n) is 6.11. The number of aryl methyl sites for hydroxylation is 1. The third-order valence-electron chi connectivity index (χ3n) is 3.54. The van der Waals surface area contributed by atoms with Crippen molar-refractivity contribution in [3.8, 4) is 0 Å². The average molecular weight is 233 g/mol. The van der Waals surface area contributed by atoms with Crippen LogP contribution in [-0.4, -0.2) is 4.98 Å². The van der Waals surface area contributed by atoms with Gasteiger partial charge in [-0.2, -0.15) is 0 Å². The summed E-state index contributed by atoms with van der Waals surface area (Å²) < 4.78 is 2.09. The number of benzene rings is 2. The van der Waals surface area contributed by atoms with Crippen molar-refractivity contribution in [2.24, 2.45) is 7.05 Å². The van der Waals surface area contributed by atoms with Crippen LogP contribution in [-0.2, 0) is 7.05 Å². The highest BCUT2D eigenvalue weighted by atomic mass is 14.9. The fourth-order valence-electron chi connectivity index (χ4n) is 2.63. The lowest BCUT2D eigenvalue weighted by Crippen LogP contribution is -2.25. The highest BCUT2D eigenvalue weighted by Crippen LogP contribution is 2.28. The van der Waals surface area contributed by atoms with Gasteiger partial charge in [0.25, 0.3) is 0 Å². The van der Waals surface area contributed by atoms with Crippen molar-refractivity contribution in [1.29, 1.82) is 0 Å². The molecule has 0 saturated heterocycles. The minimum absolute atomic E-state index is 1.19. The van der Waals surface area contributed by atoms with E-state index in [4.69, 9.17) is 0 Å². The molecule has 0 aliphatic rings. The number of rotatable bonds is 0. The molecule has 2 nitrogen and oxygen atoms in total. The van der Waals surface area contributed by atoms with Gasteiger partial charge in [0.05, 0.1) is 10.9 Å². The van der Waals surface area contributed by atoms with Crippen LogP contribution in [0, 0.1) is 0 Å². The molecule has 18 heavy (non-hydrogen) atoms. The summed E-state index contributed by atoms with van der Waals surface area (Å²) in [6.07, 6.45) is 4.24. The SMILES string of the molecule is C[n+]1ccc2[nH]c3cc4ccccc4cc3c2c1. The van der Waals surface area contributed by atoms with Gasteiger partial charge in [0.2, 0.25) is 0 Å². The smallest absolute Gasteiger partial charge is 0.178 e. The molecule has 0 saturated carbocycles. The minimum Gasteiger partial charge on any atom is -0.354 e. The van der Waals surface area contributed by atoms with Crippen LogP contribution in [0.2, 0.25) is 0 Å². The second-order valence-corrected chi connectivity index (χ2v) is 4.81. The first kappa shape index (κ1) is 9.66. The Bertz CT molecular complexity index is 887. The summed E-state index contributed by atoms with van der Waals surface area (Å²) >= 11 is 0. The maximum atomic E-state index is 3.48. The first-order valence-corrected chi connectivity index (χ1v) is 6.11. The Hall–Kier alpha value is -2.35. The molecule has 86 valence electrons. The van der Waals surface area contributed by atoms with Crippen LogP contribution in [0.4, 0.5) is 0 Å². The van der Waals surface area contributed by atoms with Gasteiger partial charge in [-0.25, -0.2) is 4.57 Å². The van der Waals surface area contributed by atoms with Crippen LogP contribution in [0.5, 0.6) is 0 Å². The minimum atomic E-state index is 1.19. The van der Waals surface area contributed by atoms with Crippen molar-refractivity contribution in [3.63, 3.8) is 0 Å². The number of hydrogen-bond acceptors (Lipinski definition) is 0. The summed E-state index contributed by atoms with van der Waals surface area (Å²) in [7, 11) is 2.05. The molecule has 1 N–H and O–H groups in total. The van der Waals surface area contributed by atoms with E-state index in [1.165, 1.54) is 32.6 Å². The van der Waals surface area contributed by atoms with Gasteiger partial charge in [-0.1, -0.05) is 24.3 Å².